The van der Waals surface area contributed by atoms with Crippen LogP contribution in [0.3, 0.4) is 0 Å². The highest BCUT2D eigenvalue weighted by molar-refractivity contribution is 5.82. The van der Waals surface area contributed by atoms with Crippen molar-refractivity contribution in [2.75, 3.05) is 13.1 Å². The Balaban J connectivity index is 1.86. The van der Waals surface area contributed by atoms with Gasteiger partial charge in [-0.25, -0.2) is 4.68 Å². The van der Waals surface area contributed by atoms with Crippen molar-refractivity contribution in [2.24, 2.45) is 7.05 Å². The lowest BCUT2D eigenvalue weighted by Crippen LogP contribution is -2.42. The Hall–Kier alpha value is -2.64. The zero-order valence-electron chi connectivity index (χ0n) is 13.5. The van der Waals surface area contributed by atoms with Gasteiger partial charge in [0.2, 0.25) is 0 Å². The third kappa shape index (κ3) is 3.57. The summed E-state index contributed by atoms with van der Waals surface area (Å²) in [5.41, 5.74) is 2.99. The van der Waals surface area contributed by atoms with E-state index in [0.29, 0.717) is 18.5 Å². The fourth-order valence-electron chi connectivity index (χ4n) is 2.92. The smallest absolute Gasteiger partial charge is 0.334 e. The van der Waals surface area contributed by atoms with Crippen molar-refractivity contribution in [3.05, 3.63) is 51.8 Å². The molecule has 5 nitrogen and oxygen atoms in total. The predicted octanol–water partition coefficient (Wildman–Crippen LogP) is 1.94. The molecular weight excluding hydrogens is 335 g/mol. The standard InChI is InChI=1S/C17H16F3N3O2/c1-22-15(24)5-4-14(21-22)13-3-2-11-6-8-23(9-7-12(11)10-13)16(25)17(18,19)20/h2-5,10H,6-9H2,1H3. The van der Waals surface area contributed by atoms with E-state index in [1.165, 1.54) is 10.7 Å². The zero-order valence-corrected chi connectivity index (χ0v) is 13.5. The van der Waals surface area contributed by atoms with Crippen LogP contribution >= 0.6 is 0 Å². The molecule has 132 valence electrons. The van der Waals surface area contributed by atoms with Gasteiger partial charge in [-0.3, -0.25) is 9.59 Å². The number of aromatic nitrogens is 2. The summed E-state index contributed by atoms with van der Waals surface area (Å²) in [6, 6.07) is 8.56. The average Bonchev–Trinajstić information content (AvgIpc) is 2.77. The van der Waals surface area contributed by atoms with E-state index in [1.54, 1.807) is 13.1 Å². The number of fused-ring (bicyclic) bond motifs is 1. The molecule has 0 saturated heterocycles. The van der Waals surface area contributed by atoms with Crippen LogP contribution in [0.25, 0.3) is 11.3 Å². The van der Waals surface area contributed by atoms with Gasteiger partial charge in [0.25, 0.3) is 5.56 Å². The van der Waals surface area contributed by atoms with Gasteiger partial charge in [-0.15, -0.1) is 0 Å². The van der Waals surface area contributed by atoms with E-state index < -0.39 is 12.1 Å². The summed E-state index contributed by atoms with van der Waals surface area (Å²) in [6.45, 7) is 0.0677. The Morgan fingerprint density at radius 1 is 1.08 bits per heavy atom. The van der Waals surface area contributed by atoms with Crippen LogP contribution in [0.4, 0.5) is 13.2 Å². The van der Waals surface area contributed by atoms with Crippen LogP contribution < -0.4 is 5.56 Å². The van der Waals surface area contributed by atoms with Crippen LogP contribution in [-0.2, 0) is 24.7 Å². The van der Waals surface area contributed by atoms with E-state index in [1.807, 2.05) is 18.2 Å². The lowest BCUT2D eigenvalue weighted by molar-refractivity contribution is -0.185. The van der Waals surface area contributed by atoms with E-state index in [4.69, 9.17) is 0 Å². The van der Waals surface area contributed by atoms with Gasteiger partial charge < -0.3 is 4.90 Å². The summed E-state index contributed by atoms with van der Waals surface area (Å²) in [7, 11) is 1.55. The van der Waals surface area contributed by atoms with E-state index >= 15 is 0 Å². The monoisotopic (exact) mass is 351 g/mol. The van der Waals surface area contributed by atoms with Crippen molar-refractivity contribution in [1.82, 2.24) is 14.7 Å². The summed E-state index contributed by atoms with van der Waals surface area (Å²) in [4.78, 5) is 23.7. The molecule has 0 saturated carbocycles. The lowest BCUT2D eigenvalue weighted by Gasteiger charge is -2.21. The normalized spacial score (nSPS) is 14.8. The van der Waals surface area contributed by atoms with Gasteiger partial charge in [0.05, 0.1) is 5.69 Å². The van der Waals surface area contributed by atoms with Crippen LogP contribution in [0, 0.1) is 0 Å². The minimum absolute atomic E-state index is 0.0233. The Morgan fingerprint density at radius 2 is 1.76 bits per heavy atom. The summed E-state index contributed by atoms with van der Waals surface area (Å²) in [6.07, 6.45) is -4.13. The van der Waals surface area contributed by atoms with E-state index in [0.717, 1.165) is 21.6 Å². The number of alkyl halides is 3. The van der Waals surface area contributed by atoms with Crippen molar-refractivity contribution in [1.29, 1.82) is 0 Å². The number of hydrogen-bond acceptors (Lipinski definition) is 3. The van der Waals surface area contributed by atoms with Gasteiger partial charge in [0.15, 0.2) is 0 Å². The molecule has 1 aromatic carbocycles. The van der Waals surface area contributed by atoms with Gasteiger partial charge >= 0.3 is 12.1 Å². The molecule has 1 aromatic heterocycles. The number of aryl methyl sites for hydroxylation is 1. The fraction of sp³-hybridized carbons (Fsp3) is 0.353. The molecule has 2 aromatic rings. The third-order valence-corrected chi connectivity index (χ3v) is 4.29. The quantitative estimate of drug-likeness (QED) is 0.789. The van der Waals surface area contributed by atoms with Gasteiger partial charge in [-0.2, -0.15) is 18.3 Å². The first-order valence-electron chi connectivity index (χ1n) is 7.78. The van der Waals surface area contributed by atoms with Gasteiger partial charge in [-0.1, -0.05) is 12.1 Å². The molecule has 8 heteroatoms. The first-order valence-corrected chi connectivity index (χ1v) is 7.78. The van der Waals surface area contributed by atoms with Crippen molar-refractivity contribution < 1.29 is 18.0 Å². The van der Waals surface area contributed by atoms with Crippen LogP contribution in [0.5, 0.6) is 0 Å². The molecule has 0 aliphatic carbocycles. The van der Waals surface area contributed by atoms with Crippen LogP contribution in [0.1, 0.15) is 11.1 Å². The molecule has 1 amide bonds. The maximum atomic E-state index is 12.6. The molecule has 0 fully saturated rings. The molecular formula is C17H16F3N3O2. The minimum Gasteiger partial charge on any atom is -0.334 e. The summed E-state index contributed by atoms with van der Waals surface area (Å²) < 4.78 is 39.1. The first kappa shape index (κ1) is 17.2. The van der Waals surface area contributed by atoms with Crippen molar-refractivity contribution in [3.63, 3.8) is 0 Å². The Bertz CT molecular complexity index is 874. The lowest BCUT2D eigenvalue weighted by atomic mass is 9.99. The Labute approximate surface area is 141 Å². The van der Waals surface area contributed by atoms with Gasteiger partial charge in [0.1, 0.15) is 0 Å². The Morgan fingerprint density at radius 3 is 2.40 bits per heavy atom. The predicted molar refractivity (Wildman–Crippen MR) is 85.0 cm³/mol. The van der Waals surface area contributed by atoms with E-state index in [9.17, 15) is 22.8 Å². The number of benzene rings is 1. The van der Waals surface area contributed by atoms with Gasteiger partial charge in [0, 0.05) is 31.8 Å². The van der Waals surface area contributed by atoms with E-state index in [2.05, 4.69) is 5.10 Å². The second-order valence-electron chi connectivity index (χ2n) is 5.95. The highest BCUT2D eigenvalue weighted by atomic mass is 19.4. The molecule has 2 heterocycles. The number of carbonyl (C=O) groups is 1. The molecule has 0 unspecified atom stereocenters. The molecule has 0 atom stereocenters. The number of rotatable bonds is 1. The fourth-order valence-corrected chi connectivity index (χ4v) is 2.92. The van der Waals surface area contributed by atoms with Crippen LogP contribution in [-0.4, -0.2) is 39.9 Å². The molecule has 25 heavy (non-hydrogen) atoms. The molecule has 1 aliphatic rings. The second kappa shape index (κ2) is 6.34. The second-order valence-corrected chi connectivity index (χ2v) is 5.95. The van der Waals surface area contributed by atoms with Crippen molar-refractivity contribution in [3.8, 4) is 11.3 Å². The number of carbonyl (C=O) groups excluding carboxylic acids is 1. The molecule has 0 radical (unpaired) electrons. The summed E-state index contributed by atoms with van der Waals surface area (Å²) in [5.74, 6) is -1.79. The highest BCUT2D eigenvalue weighted by Crippen LogP contribution is 2.25. The van der Waals surface area contributed by atoms with E-state index in [-0.39, 0.29) is 18.6 Å². The molecule has 1 aliphatic heterocycles. The maximum absolute atomic E-state index is 12.6. The number of nitrogens with zero attached hydrogens (tertiary/aromatic N) is 3. The number of amides is 1. The topological polar surface area (TPSA) is 55.2 Å². The zero-order chi connectivity index (χ0) is 18.2. The number of hydrogen-bond donors (Lipinski definition) is 0. The minimum atomic E-state index is -4.85. The molecule has 0 bridgehead atoms. The molecule has 3 rings (SSSR count). The SMILES string of the molecule is Cn1nc(-c2ccc3c(c2)CCN(C(=O)C(F)(F)F)CC3)ccc1=O. The third-order valence-electron chi connectivity index (χ3n) is 4.29. The molecule has 0 spiro atoms. The maximum Gasteiger partial charge on any atom is 0.471 e. The summed E-state index contributed by atoms with van der Waals surface area (Å²) in [5, 5.41) is 4.18. The molecule has 0 N–H and O–H groups in total. The average molecular weight is 351 g/mol. The largest absolute Gasteiger partial charge is 0.471 e. The summed E-state index contributed by atoms with van der Waals surface area (Å²) >= 11 is 0. The van der Waals surface area contributed by atoms with Crippen LogP contribution in [0.2, 0.25) is 0 Å². The Kier molecular flexibility index (Phi) is 4.36. The number of halogens is 3. The van der Waals surface area contributed by atoms with Crippen molar-refractivity contribution in [2.45, 2.75) is 19.0 Å². The van der Waals surface area contributed by atoms with Crippen molar-refractivity contribution >= 4 is 5.91 Å². The first-order chi connectivity index (χ1) is 11.8. The van der Waals surface area contributed by atoms with Crippen LogP contribution in [0.15, 0.2) is 35.1 Å². The highest BCUT2D eigenvalue weighted by Gasteiger charge is 2.42. The van der Waals surface area contributed by atoms with Gasteiger partial charge in [-0.05, 0) is 36.1 Å².